The van der Waals surface area contributed by atoms with Gasteiger partial charge in [0.2, 0.25) is 5.95 Å². The molecule has 7 nitrogen and oxygen atoms in total. The number of nitrogens with one attached hydrogen (secondary N) is 1. The van der Waals surface area contributed by atoms with Crippen LogP contribution in [-0.4, -0.2) is 45.7 Å². The molecule has 0 bridgehead atoms. The summed E-state index contributed by atoms with van der Waals surface area (Å²) >= 11 is 0. The van der Waals surface area contributed by atoms with Gasteiger partial charge in [0.15, 0.2) is 0 Å². The molecule has 0 radical (unpaired) electrons. The van der Waals surface area contributed by atoms with Crippen LogP contribution in [0.15, 0.2) is 18.2 Å². The van der Waals surface area contributed by atoms with Crippen molar-refractivity contribution in [1.29, 1.82) is 0 Å². The predicted molar refractivity (Wildman–Crippen MR) is 64.0 cm³/mol. The summed E-state index contributed by atoms with van der Waals surface area (Å²) in [4.78, 5) is 29.9. The summed E-state index contributed by atoms with van der Waals surface area (Å²) in [6.45, 7) is -0.189. The maximum atomic E-state index is 10.8. The highest BCUT2D eigenvalue weighted by molar-refractivity contribution is 5.92. The molecule has 3 N–H and O–H groups in total. The van der Waals surface area contributed by atoms with Crippen molar-refractivity contribution in [3.8, 4) is 0 Å². The lowest BCUT2D eigenvalue weighted by molar-refractivity contribution is -0.135. The van der Waals surface area contributed by atoms with Crippen LogP contribution in [0.3, 0.4) is 0 Å². The first-order valence-electron chi connectivity index (χ1n) is 5.13. The molecule has 18 heavy (non-hydrogen) atoms. The van der Waals surface area contributed by atoms with Crippen molar-refractivity contribution in [1.82, 2.24) is 9.97 Å². The topological polar surface area (TPSA) is 107 Å². The number of fused-ring (bicyclic) bond motifs is 1. The minimum absolute atomic E-state index is 0.151. The van der Waals surface area contributed by atoms with E-state index in [2.05, 4.69) is 9.97 Å². The Hall–Kier alpha value is -2.57. The van der Waals surface area contributed by atoms with E-state index in [0.29, 0.717) is 17.0 Å². The third-order valence-corrected chi connectivity index (χ3v) is 2.45. The van der Waals surface area contributed by atoms with Crippen molar-refractivity contribution in [2.45, 2.75) is 0 Å². The van der Waals surface area contributed by atoms with Gasteiger partial charge in [-0.2, -0.15) is 0 Å². The molecule has 0 aliphatic rings. The highest BCUT2D eigenvalue weighted by Gasteiger charge is 2.11. The van der Waals surface area contributed by atoms with Gasteiger partial charge in [0, 0.05) is 7.05 Å². The van der Waals surface area contributed by atoms with E-state index in [1.165, 1.54) is 17.0 Å². The highest BCUT2D eigenvalue weighted by Crippen LogP contribution is 2.18. The number of aliphatic carboxylic acids is 1. The number of benzene rings is 1. The Morgan fingerprint density at radius 1 is 1.39 bits per heavy atom. The number of H-pyrrole nitrogens is 1. The number of aromatic amines is 1. The SMILES string of the molecule is CN(CC(=O)O)c1nc2ccc(C(=O)O)cc2[nH]1. The first-order valence-corrected chi connectivity index (χ1v) is 5.13. The molecule has 7 heteroatoms. The summed E-state index contributed by atoms with van der Waals surface area (Å²) in [5.74, 6) is -1.61. The van der Waals surface area contributed by atoms with Gasteiger partial charge in [0.1, 0.15) is 6.54 Å². The van der Waals surface area contributed by atoms with E-state index in [-0.39, 0.29) is 12.1 Å². The van der Waals surface area contributed by atoms with Gasteiger partial charge in [0.05, 0.1) is 16.6 Å². The molecule has 0 aliphatic heterocycles. The van der Waals surface area contributed by atoms with Crippen LogP contribution in [0.25, 0.3) is 11.0 Å². The summed E-state index contributed by atoms with van der Waals surface area (Å²) in [5.41, 5.74) is 1.30. The molecule has 0 saturated heterocycles. The number of hydrogen-bond acceptors (Lipinski definition) is 4. The Morgan fingerprint density at radius 3 is 2.72 bits per heavy atom. The van der Waals surface area contributed by atoms with E-state index < -0.39 is 11.9 Å². The van der Waals surface area contributed by atoms with Crippen molar-refractivity contribution in [2.24, 2.45) is 0 Å². The molecule has 0 amide bonds. The van der Waals surface area contributed by atoms with Gasteiger partial charge in [-0.1, -0.05) is 0 Å². The van der Waals surface area contributed by atoms with Gasteiger partial charge in [0.25, 0.3) is 0 Å². The van der Waals surface area contributed by atoms with Crippen LogP contribution in [0.5, 0.6) is 0 Å². The van der Waals surface area contributed by atoms with E-state index in [4.69, 9.17) is 10.2 Å². The fourth-order valence-corrected chi connectivity index (χ4v) is 1.59. The van der Waals surface area contributed by atoms with Crippen molar-refractivity contribution in [2.75, 3.05) is 18.5 Å². The van der Waals surface area contributed by atoms with E-state index in [0.717, 1.165) is 0 Å². The quantitative estimate of drug-likeness (QED) is 0.739. The van der Waals surface area contributed by atoms with Crippen LogP contribution in [0.4, 0.5) is 5.95 Å². The Kier molecular flexibility index (Phi) is 2.88. The van der Waals surface area contributed by atoms with Gasteiger partial charge in [-0.3, -0.25) is 4.79 Å². The zero-order valence-corrected chi connectivity index (χ0v) is 9.54. The number of imidazole rings is 1. The van der Waals surface area contributed by atoms with E-state index in [1.54, 1.807) is 13.1 Å². The smallest absolute Gasteiger partial charge is 0.335 e. The largest absolute Gasteiger partial charge is 0.480 e. The molecule has 1 heterocycles. The molecule has 0 saturated carbocycles. The fourth-order valence-electron chi connectivity index (χ4n) is 1.59. The Labute approximate surface area is 102 Å². The fraction of sp³-hybridized carbons (Fsp3) is 0.182. The highest BCUT2D eigenvalue weighted by atomic mass is 16.4. The van der Waals surface area contributed by atoms with E-state index in [1.807, 2.05) is 0 Å². The summed E-state index contributed by atoms with van der Waals surface area (Å²) in [6, 6.07) is 4.49. The first kappa shape index (κ1) is 11.9. The summed E-state index contributed by atoms with van der Waals surface area (Å²) in [7, 11) is 1.59. The second kappa shape index (κ2) is 4.36. The maximum absolute atomic E-state index is 10.8. The van der Waals surface area contributed by atoms with Crippen molar-refractivity contribution in [3.05, 3.63) is 23.8 Å². The molecule has 94 valence electrons. The van der Waals surface area contributed by atoms with Gasteiger partial charge < -0.3 is 20.1 Å². The molecule has 1 aromatic heterocycles. The molecule has 0 unspecified atom stereocenters. The Bertz CT molecular complexity index is 620. The van der Waals surface area contributed by atoms with Crippen molar-refractivity contribution < 1.29 is 19.8 Å². The number of hydrogen-bond donors (Lipinski definition) is 3. The second-order valence-electron chi connectivity index (χ2n) is 3.85. The summed E-state index contributed by atoms with van der Waals surface area (Å²) < 4.78 is 0. The standard InChI is InChI=1S/C11H11N3O4/c1-14(5-9(15)16)11-12-7-3-2-6(10(17)18)4-8(7)13-11/h2-4H,5H2,1H3,(H,12,13)(H,15,16)(H,17,18). The molecular weight excluding hydrogens is 238 g/mol. The minimum Gasteiger partial charge on any atom is -0.480 e. The molecule has 0 fully saturated rings. The van der Waals surface area contributed by atoms with Crippen LogP contribution in [0, 0.1) is 0 Å². The molecule has 0 spiro atoms. The van der Waals surface area contributed by atoms with Crippen LogP contribution in [0.1, 0.15) is 10.4 Å². The zero-order chi connectivity index (χ0) is 13.3. The average Bonchev–Trinajstić information content (AvgIpc) is 2.70. The number of aromatic carboxylic acids is 1. The third-order valence-electron chi connectivity index (χ3n) is 2.45. The summed E-state index contributed by atoms with van der Waals surface area (Å²) in [6.07, 6.45) is 0. The number of anilines is 1. The normalized spacial score (nSPS) is 10.5. The first-order chi connectivity index (χ1) is 8.47. The number of likely N-dealkylation sites (N-methyl/N-ethyl adjacent to an activating group) is 1. The van der Waals surface area contributed by atoms with Gasteiger partial charge in [-0.25, -0.2) is 9.78 Å². The number of aromatic nitrogens is 2. The lowest BCUT2D eigenvalue weighted by atomic mass is 10.2. The third kappa shape index (κ3) is 2.24. The summed E-state index contributed by atoms with van der Waals surface area (Å²) in [5, 5.41) is 17.5. The van der Waals surface area contributed by atoms with Crippen molar-refractivity contribution >= 4 is 28.9 Å². The number of carboxylic acid groups (broad SMARTS) is 2. The number of carboxylic acids is 2. The van der Waals surface area contributed by atoms with Crippen LogP contribution >= 0.6 is 0 Å². The average molecular weight is 249 g/mol. The minimum atomic E-state index is -1.02. The number of rotatable bonds is 4. The van der Waals surface area contributed by atoms with Gasteiger partial charge in [-0.05, 0) is 18.2 Å². The maximum Gasteiger partial charge on any atom is 0.335 e. The van der Waals surface area contributed by atoms with Crippen LogP contribution in [0.2, 0.25) is 0 Å². The molecule has 1 aromatic carbocycles. The van der Waals surface area contributed by atoms with E-state index in [9.17, 15) is 9.59 Å². The van der Waals surface area contributed by atoms with Gasteiger partial charge >= 0.3 is 11.9 Å². The zero-order valence-electron chi connectivity index (χ0n) is 9.54. The molecule has 0 aliphatic carbocycles. The second-order valence-corrected chi connectivity index (χ2v) is 3.85. The Morgan fingerprint density at radius 2 is 2.11 bits per heavy atom. The Balaban J connectivity index is 2.38. The predicted octanol–water partition coefficient (Wildman–Crippen LogP) is 0.782. The monoisotopic (exact) mass is 249 g/mol. The molecule has 2 rings (SSSR count). The number of carbonyl (C=O) groups is 2. The molecule has 0 atom stereocenters. The lowest BCUT2D eigenvalue weighted by Gasteiger charge is -2.11. The van der Waals surface area contributed by atoms with E-state index >= 15 is 0 Å². The van der Waals surface area contributed by atoms with Crippen molar-refractivity contribution in [3.63, 3.8) is 0 Å². The van der Waals surface area contributed by atoms with Crippen LogP contribution in [-0.2, 0) is 4.79 Å². The molecule has 2 aromatic rings. The van der Waals surface area contributed by atoms with Gasteiger partial charge in [-0.15, -0.1) is 0 Å². The molecular formula is C11H11N3O4. The lowest BCUT2D eigenvalue weighted by Crippen LogP contribution is -2.25. The van der Waals surface area contributed by atoms with Crippen LogP contribution < -0.4 is 4.90 Å². The number of nitrogens with zero attached hydrogens (tertiary/aromatic N) is 2.